The maximum atomic E-state index is 9.19. The molecule has 0 heterocycles. The van der Waals surface area contributed by atoms with Crippen molar-refractivity contribution < 1.29 is 25.9 Å². The summed E-state index contributed by atoms with van der Waals surface area (Å²) in [5, 5.41) is 0. The molecule has 0 aromatic carbocycles. The molecule has 14 heavy (non-hydrogen) atoms. The van der Waals surface area contributed by atoms with Crippen molar-refractivity contribution in [2.24, 2.45) is 0 Å². The van der Waals surface area contributed by atoms with Crippen LogP contribution in [0.3, 0.4) is 0 Å². The number of hydrogen-bond acceptors (Lipinski definition) is 4. The molecule has 0 bridgehead atoms. The summed E-state index contributed by atoms with van der Waals surface area (Å²) < 4.78 is 51.7. The van der Waals surface area contributed by atoms with E-state index in [2.05, 4.69) is 9.88 Å². The molecule has 10 heteroatoms. The Hall–Kier alpha value is 0.909. The van der Waals surface area contributed by atoms with Gasteiger partial charge in [-0.25, -0.2) is 0 Å². The van der Waals surface area contributed by atoms with Crippen LogP contribution < -0.4 is 0 Å². The summed E-state index contributed by atoms with van der Waals surface area (Å²) in [5.74, 6) is 0. The Labute approximate surface area is 102 Å². The average Bonchev–Trinajstić information content (AvgIpc) is 1.52. The number of halogens is 1. The molecular weight excluding hydrogens is 362 g/mol. The fourth-order valence-corrected chi connectivity index (χ4v) is 0. The van der Waals surface area contributed by atoms with Crippen LogP contribution in [0.2, 0.25) is 9.88 Å². The standard InChI is InChI=1S/2CH4O3S.2CH3.ClH.Sn/c2*1-5(2,3)4;;;;/h2*1H3,(H,2,3,4);2*1H3;1H;. The molecule has 0 saturated heterocycles. The Bertz CT molecular complexity index is 237. The molecule has 0 aromatic rings. The van der Waals surface area contributed by atoms with Crippen LogP contribution in [0, 0.1) is 0 Å². The minimum atomic E-state index is -3.67. The van der Waals surface area contributed by atoms with Crippen LogP contribution >= 0.6 is 12.4 Å². The van der Waals surface area contributed by atoms with E-state index in [0.717, 1.165) is 0 Å². The summed E-state index contributed by atoms with van der Waals surface area (Å²) in [5.41, 5.74) is 0. The summed E-state index contributed by atoms with van der Waals surface area (Å²) in [6.45, 7) is 0. The molecule has 0 aliphatic rings. The second-order valence-electron chi connectivity index (χ2n) is 1.97. The first-order valence-electron chi connectivity index (χ1n) is 2.85. The van der Waals surface area contributed by atoms with E-state index in [-0.39, 0.29) is 33.5 Å². The third-order valence-corrected chi connectivity index (χ3v) is 0. The SMILES string of the molecule is CS(=O)(=O)O.CS(=O)(=O)O.Cl.[CH3][Sn][CH3]. The van der Waals surface area contributed by atoms with Gasteiger partial charge >= 0.3 is 31.0 Å². The summed E-state index contributed by atoms with van der Waals surface area (Å²) in [7, 11) is -7.33. The predicted molar refractivity (Wildman–Crippen MR) is 59.7 cm³/mol. The monoisotopic (exact) mass is 378 g/mol. The van der Waals surface area contributed by atoms with Gasteiger partial charge in [0.25, 0.3) is 20.2 Å². The van der Waals surface area contributed by atoms with E-state index in [1.165, 1.54) is 0 Å². The van der Waals surface area contributed by atoms with Crippen molar-refractivity contribution in [2.75, 3.05) is 12.5 Å². The Kier molecular flexibility index (Phi) is 20.7. The Morgan fingerprint density at radius 1 is 0.857 bits per heavy atom. The zero-order valence-corrected chi connectivity index (χ0v) is 13.6. The van der Waals surface area contributed by atoms with Gasteiger partial charge < -0.3 is 0 Å². The van der Waals surface area contributed by atoms with Crippen molar-refractivity contribution in [3.63, 3.8) is 0 Å². The van der Waals surface area contributed by atoms with Gasteiger partial charge in [-0.1, -0.05) is 0 Å². The van der Waals surface area contributed by atoms with Gasteiger partial charge in [0.2, 0.25) is 0 Å². The van der Waals surface area contributed by atoms with Gasteiger partial charge in [-0.3, -0.25) is 9.11 Å². The summed E-state index contributed by atoms with van der Waals surface area (Å²) in [6.07, 6.45) is 1.43. The molecule has 0 amide bonds. The summed E-state index contributed by atoms with van der Waals surface area (Å²) in [4.78, 5) is 4.59. The second-order valence-corrected chi connectivity index (χ2v) is 7.75. The molecule has 2 N–H and O–H groups in total. The molecule has 0 aliphatic carbocycles. The zero-order valence-electron chi connectivity index (χ0n) is 8.25. The van der Waals surface area contributed by atoms with Gasteiger partial charge in [-0.05, 0) is 0 Å². The molecule has 6 nitrogen and oxygen atoms in total. The molecule has 2 radical (unpaired) electrons. The van der Waals surface area contributed by atoms with Gasteiger partial charge in [0.05, 0.1) is 12.5 Å². The molecule has 0 aromatic heterocycles. The van der Waals surface area contributed by atoms with Crippen LogP contribution in [-0.2, 0) is 20.2 Å². The van der Waals surface area contributed by atoms with E-state index in [1.54, 1.807) is 0 Å². The maximum absolute atomic E-state index is 9.19. The van der Waals surface area contributed by atoms with Crippen molar-refractivity contribution in [1.29, 1.82) is 0 Å². The Morgan fingerprint density at radius 3 is 0.857 bits per heavy atom. The average molecular weight is 377 g/mol. The van der Waals surface area contributed by atoms with E-state index >= 15 is 0 Å². The van der Waals surface area contributed by atoms with Crippen molar-refractivity contribution in [1.82, 2.24) is 0 Å². The molecule has 0 rings (SSSR count). The van der Waals surface area contributed by atoms with Gasteiger partial charge in [0, 0.05) is 0 Å². The molecule has 0 unspecified atom stereocenters. The van der Waals surface area contributed by atoms with Crippen LogP contribution in [0.1, 0.15) is 0 Å². The van der Waals surface area contributed by atoms with Gasteiger partial charge in [-0.2, -0.15) is 16.8 Å². The molecule has 0 saturated carbocycles. The van der Waals surface area contributed by atoms with E-state index in [0.29, 0.717) is 12.5 Å². The summed E-state index contributed by atoms with van der Waals surface area (Å²) in [6, 6.07) is 0. The predicted octanol–water partition coefficient (Wildman–Crippen LogP) is 0.217. The first-order valence-corrected chi connectivity index (χ1v) is 12.3. The van der Waals surface area contributed by atoms with Crippen molar-refractivity contribution in [2.45, 2.75) is 9.88 Å². The van der Waals surface area contributed by atoms with Crippen molar-refractivity contribution >= 4 is 53.8 Å². The normalized spacial score (nSPS) is 9.57. The quantitative estimate of drug-likeness (QED) is 0.462. The number of rotatable bonds is 0. The van der Waals surface area contributed by atoms with Crippen LogP contribution in [0.5, 0.6) is 0 Å². The van der Waals surface area contributed by atoms with Crippen LogP contribution in [-0.4, -0.2) is 59.6 Å². The van der Waals surface area contributed by atoms with E-state index < -0.39 is 20.2 Å². The molecule has 0 fully saturated rings. The Balaban J connectivity index is -0.0000000535. The molecule has 90 valence electrons. The van der Waals surface area contributed by atoms with Gasteiger partial charge in [0.1, 0.15) is 0 Å². The molecule has 0 spiro atoms. The molecule has 0 aliphatic heterocycles. The van der Waals surface area contributed by atoms with E-state index in [1.807, 2.05) is 0 Å². The first kappa shape index (κ1) is 24.2. The van der Waals surface area contributed by atoms with Crippen LogP contribution in [0.25, 0.3) is 0 Å². The van der Waals surface area contributed by atoms with Crippen LogP contribution in [0.15, 0.2) is 0 Å². The van der Waals surface area contributed by atoms with Gasteiger partial charge in [-0.15, -0.1) is 12.4 Å². The Morgan fingerprint density at radius 2 is 0.857 bits per heavy atom. The third-order valence-electron chi connectivity index (χ3n) is 0. The van der Waals surface area contributed by atoms with Crippen molar-refractivity contribution in [3.8, 4) is 0 Å². The fourth-order valence-electron chi connectivity index (χ4n) is 0. The number of hydrogen-bond donors (Lipinski definition) is 2. The molecular formula is C4H15ClO6S2Sn. The fraction of sp³-hybridized carbons (Fsp3) is 1.00. The first-order chi connectivity index (χ1) is 5.41. The van der Waals surface area contributed by atoms with Crippen molar-refractivity contribution in [3.05, 3.63) is 0 Å². The second kappa shape index (κ2) is 12.0. The zero-order chi connectivity index (χ0) is 11.7. The van der Waals surface area contributed by atoms with Crippen LogP contribution in [0.4, 0.5) is 0 Å². The van der Waals surface area contributed by atoms with E-state index in [9.17, 15) is 16.8 Å². The minimum absolute atomic E-state index is 0. The van der Waals surface area contributed by atoms with E-state index in [4.69, 9.17) is 9.11 Å². The summed E-state index contributed by atoms with van der Waals surface area (Å²) >= 11 is 0.230. The molecule has 0 atom stereocenters. The topological polar surface area (TPSA) is 109 Å². The third kappa shape index (κ3) is 2220. The van der Waals surface area contributed by atoms with Gasteiger partial charge in [0.15, 0.2) is 0 Å².